The van der Waals surface area contributed by atoms with Gasteiger partial charge in [-0.2, -0.15) is 0 Å². The molecule has 0 saturated carbocycles. The second-order valence-electron chi connectivity index (χ2n) is 12.4. The van der Waals surface area contributed by atoms with Crippen LogP contribution >= 0.6 is 0 Å². The SMILES string of the molecule is CC(C)c1nc2c(c(=O)n(C(C)c3ccccc3)c(=O)n2C(C)c2ccccc2)n1Cc1ccc(-c2ccccc2-c2nnn[nH]2)cc1. The number of nitrogens with one attached hydrogen (secondary N) is 1. The van der Waals surface area contributed by atoms with E-state index in [9.17, 15) is 9.59 Å². The number of imidazole rings is 1. The molecule has 0 amide bonds. The minimum absolute atomic E-state index is 0.00551. The zero-order valence-electron chi connectivity index (χ0n) is 27.3. The van der Waals surface area contributed by atoms with Crippen LogP contribution in [0.4, 0.5) is 0 Å². The molecule has 0 spiro atoms. The van der Waals surface area contributed by atoms with Gasteiger partial charge in [-0.15, -0.1) is 5.10 Å². The Kier molecular flexibility index (Phi) is 8.14. The number of aromatic nitrogens is 8. The molecule has 2 unspecified atom stereocenters. The summed E-state index contributed by atoms with van der Waals surface area (Å²) in [7, 11) is 0. The molecule has 1 N–H and O–H groups in total. The van der Waals surface area contributed by atoms with Gasteiger partial charge >= 0.3 is 5.69 Å². The van der Waals surface area contributed by atoms with Crippen LogP contribution in [0.25, 0.3) is 33.7 Å². The van der Waals surface area contributed by atoms with Crippen LogP contribution in [0.15, 0.2) is 119 Å². The van der Waals surface area contributed by atoms with Crippen LogP contribution in [0.1, 0.15) is 68.2 Å². The fourth-order valence-electron chi connectivity index (χ4n) is 6.48. The lowest BCUT2D eigenvalue weighted by atomic mass is 9.98. The third-order valence-corrected chi connectivity index (χ3v) is 9.03. The van der Waals surface area contributed by atoms with Crippen molar-refractivity contribution < 1.29 is 0 Å². The Morgan fingerprint density at radius 3 is 1.85 bits per heavy atom. The summed E-state index contributed by atoms with van der Waals surface area (Å²) < 4.78 is 5.07. The molecule has 0 fully saturated rings. The summed E-state index contributed by atoms with van der Waals surface area (Å²) in [6.45, 7) is 8.41. The maximum Gasteiger partial charge on any atom is 0.333 e. The lowest BCUT2D eigenvalue weighted by Crippen LogP contribution is -2.43. The Labute approximate surface area is 277 Å². The van der Waals surface area contributed by atoms with E-state index in [1.807, 2.05) is 103 Å². The van der Waals surface area contributed by atoms with Crippen molar-refractivity contribution in [3.63, 3.8) is 0 Å². The van der Waals surface area contributed by atoms with Crippen LogP contribution in [0.5, 0.6) is 0 Å². The van der Waals surface area contributed by atoms with Gasteiger partial charge in [0.05, 0.1) is 12.1 Å². The van der Waals surface area contributed by atoms with Crippen molar-refractivity contribution in [3.05, 3.63) is 153 Å². The lowest BCUT2D eigenvalue weighted by Gasteiger charge is -2.21. The van der Waals surface area contributed by atoms with Crippen molar-refractivity contribution in [1.82, 2.24) is 39.3 Å². The van der Waals surface area contributed by atoms with Gasteiger partial charge in [0.1, 0.15) is 5.82 Å². The van der Waals surface area contributed by atoms with Gasteiger partial charge in [0.15, 0.2) is 17.0 Å². The third-order valence-electron chi connectivity index (χ3n) is 9.03. The Balaban J connectivity index is 1.39. The molecule has 10 heteroatoms. The lowest BCUT2D eigenvalue weighted by molar-refractivity contribution is 0.515. The second-order valence-corrected chi connectivity index (χ2v) is 12.4. The van der Waals surface area contributed by atoms with Crippen LogP contribution in [-0.4, -0.2) is 39.3 Å². The van der Waals surface area contributed by atoms with Crippen molar-refractivity contribution in [2.45, 2.75) is 52.2 Å². The Morgan fingerprint density at radius 2 is 1.27 bits per heavy atom. The van der Waals surface area contributed by atoms with Gasteiger partial charge in [0.25, 0.3) is 5.56 Å². The molecular weight excluding hydrogens is 600 g/mol. The topological polar surface area (TPSA) is 116 Å². The van der Waals surface area contributed by atoms with Gasteiger partial charge in [-0.1, -0.05) is 123 Å². The van der Waals surface area contributed by atoms with Gasteiger partial charge < -0.3 is 4.57 Å². The largest absolute Gasteiger partial charge is 0.333 e. The summed E-state index contributed by atoms with van der Waals surface area (Å²) in [5.41, 5.74) is 5.80. The van der Waals surface area contributed by atoms with Crippen LogP contribution in [0, 0.1) is 0 Å². The molecule has 3 heterocycles. The van der Waals surface area contributed by atoms with Gasteiger partial charge in [0.2, 0.25) is 0 Å². The van der Waals surface area contributed by atoms with Crippen LogP contribution in [-0.2, 0) is 6.54 Å². The first-order valence-electron chi connectivity index (χ1n) is 16.1. The molecule has 7 rings (SSSR count). The highest BCUT2D eigenvalue weighted by Gasteiger charge is 2.28. The number of hydrogen-bond acceptors (Lipinski definition) is 6. The second kappa shape index (κ2) is 12.7. The first-order chi connectivity index (χ1) is 23.3. The molecule has 3 aromatic heterocycles. The average molecular weight is 637 g/mol. The predicted molar refractivity (Wildman–Crippen MR) is 187 cm³/mol. The van der Waals surface area contributed by atoms with Crippen molar-refractivity contribution in [2.75, 3.05) is 0 Å². The maximum atomic E-state index is 14.6. The molecule has 48 heavy (non-hydrogen) atoms. The normalized spacial score (nSPS) is 12.9. The van der Waals surface area contributed by atoms with E-state index in [0.717, 1.165) is 39.2 Å². The molecular formula is C38H36N8O2. The van der Waals surface area contributed by atoms with Gasteiger partial charge in [-0.05, 0) is 52.1 Å². The summed E-state index contributed by atoms with van der Waals surface area (Å²) >= 11 is 0. The fraction of sp³-hybridized carbons (Fsp3) is 0.211. The molecule has 7 aromatic rings. The molecule has 2 atom stereocenters. The van der Waals surface area contributed by atoms with E-state index in [0.29, 0.717) is 23.5 Å². The molecule has 0 radical (unpaired) electrons. The average Bonchev–Trinajstić information content (AvgIpc) is 3.79. The summed E-state index contributed by atoms with van der Waals surface area (Å²) in [6.07, 6.45) is 0. The highest BCUT2D eigenvalue weighted by molar-refractivity contribution is 5.80. The van der Waals surface area contributed by atoms with Crippen LogP contribution in [0.2, 0.25) is 0 Å². The zero-order chi connectivity index (χ0) is 33.4. The Hall–Kier alpha value is -5.90. The van der Waals surface area contributed by atoms with Crippen molar-refractivity contribution in [2.24, 2.45) is 0 Å². The van der Waals surface area contributed by atoms with Gasteiger partial charge in [-0.3, -0.25) is 13.9 Å². The van der Waals surface area contributed by atoms with Crippen LogP contribution in [0.3, 0.4) is 0 Å². The standard InChI is InChI=1S/C38H36N8O2/c1-24(2)35-39-36-33(44(35)23-27-19-21-30(22-20-27)31-17-11-12-18-32(31)34-40-42-43-41-34)37(47)46(26(4)29-15-9-6-10-16-29)38(48)45(36)25(3)28-13-7-5-8-14-28/h5-22,24-26H,23H2,1-4H3,(H,40,41,42,43). The number of aromatic amines is 1. The fourth-order valence-corrected chi connectivity index (χ4v) is 6.48. The van der Waals surface area contributed by atoms with E-state index >= 15 is 0 Å². The molecule has 0 aliphatic rings. The van der Waals surface area contributed by atoms with E-state index in [1.54, 1.807) is 4.57 Å². The van der Waals surface area contributed by atoms with Gasteiger partial charge in [0, 0.05) is 18.0 Å². The zero-order valence-corrected chi connectivity index (χ0v) is 27.3. The summed E-state index contributed by atoms with van der Waals surface area (Å²) in [4.78, 5) is 34.1. The molecule has 0 aliphatic carbocycles. The van der Waals surface area contributed by atoms with E-state index in [-0.39, 0.29) is 23.2 Å². The monoisotopic (exact) mass is 636 g/mol. The quantitative estimate of drug-likeness (QED) is 0.191. The van der Waals surface area contributed by atoms with Gasteiger partial charge in [-0.25, -0.2) is 14.9 Å². The van der Waals surface area contributed by atoms with Crippen LogP contribution < -0.4 is 11.2 Å². The van der Waals surface area contributed by atoms with E-state index in [4.69, 9.17) is 4.98 Å². The number of H-pyrrole nitrogens is 1. The Morgan fingerprint density at radius 1 is 0.688 bits per heavy atom. The number of fused-ring (bicyclic) bond motifs is 1. The van der Waals surface area contributed by atoms with E-state index < -0.39 is 6.04 Å². The van der Waals surface area contributed by atoms with Crippen molar-refractivity contribution in [3.8, 4) is 22.5 Å². The maximum absolute atomic E-state index is 14.6. The highest BCUT2D eigenvalue weighted by Crippen LogP contribution is 2.31. The molecule has 4 aromatic carbocycles. The molecule has 240 valence electrons. The number of benzene rings is 4. The number of nitrogens with zero attached hydrogens (tertiary/aromatic N) is 7. The van der Waals surface area contributed by atoms with Crippen molar-refractivity contribution >= 4 is 11.2 Å². The number of hydrogen-bond donors (Lipinski definition) is 1. The first-order valence-corrected chi connectivity index (χ1v) is 16.1. The molecule has 0 aliphatic heterocycles. The Bertz CT molecular complexity index is 2300. The molecule has 0 bridgehead atoms. The smallest absolute Gasteiger partial charge is 0.317 e. The van der Waals surface area contributed by atoms with E-state index in [1.165, 1.54) is 4.57 Å². The molecule has 10 nitrogen and oxygen atoms in total. The minimum Gasteiger partial charge on any atom is -0.317 e. The number of rotatable bonds is 9. The summed E-state index contributed by atoms with van der Waals surface area (Å²) in [5, 5.41) is 14.4. The first kappa shape index (κ1) is 30.7. The minimum atomic E-state index is -0.491. The van der Waals surface area contributed by atoms with E-state index in [2.05, 4.69) is 58.7 Å². The predicted octanol–water partition coefficient (Wildman–Crippen LogP) is 6.60. The van der Waals surface area contributed by atoms with Crippen molar-refractivity contribution in [1.29, 1.82) is 0 Å². The summed E-state index contributed by atoms with van der Waals surface area (Å²) in [6, 6.07) is 34.9. The number of tetrazole rings is 1. The third kappa shape index (κ3) is 5.45. The summed E-state index contributed by atoms with van der Waals surface area (Å²) in [5.74, 6) is 1.33. The molecule has 0 saturated heterocycles. The highest BCUT2D eigenvalue weighted by atomic mass is 16.2.